The van der Waals surface area contributed by atoms with Gasteiger partial charge >= 0.3 is 0 Å². The molecule has 0 bridgehead atoms. The SMILES string of the molecule is Cc1ccc(S(=O)(=O)O)cc1.c1ccc(-c2ncc(N3CC4CNCC4C3)cn2)cc1. The van der Waals surface area contributed by atoms with E-state index in [1.54, 1.807) is 12.1 Å². The predicted octanol–water partition coefficient (Wildman–Crippen LogP) is 3.04. The number of aromatic nitrogens is 2. The lowest BCUT2D eigenvalue weighted by Crippen LogP contribution is -2.25. The molecule has 2 unspecified atom stereocenters. The zero-order valence-electron chi connectivity index (χ0n) is 17.3. The van der Waals surface area contributed by atoms with Gasteiger partial charge in [-0.1, -0.05) is 48.0 Å². The Bertz CT molecular complexity index is 1090. The fourth-order valence-electron chi connectivity index (χ4n) is 4.00. The number of rotatable bonds is 3. The Labute approximate surface area is 182 Å². The first kappa shape index (κ1) is 21.4. The van der Waals surface area contributed by atoms with Gasteiger partial charge in [0.25, 0.3) is 10.1 Å². The molecule has 0 radical (unpaired) electrons. The number of hydrogen-bond donors (Lipinski definition) is 2. The van der Waals surface area contributed by atoms with Crippen LogP contribution in [0.2, 0.25) is 0 Å². The molecule has 0 aliphatic carbocycles. The maximum absolute atomic E-state index is 10.5. The van der Waals surface area contributed by atoms with Crippen molar-refractivity contribution in [3.8, 4) is 11.4 Å². The van der Waals surface area contributed by atoms with Crippen LogP contribution in [0.3, 0.4) is 0 Å². The minimum Gasteiger partial charge on any atom is -0.368 e. The number of aryl methyl sites for hydroxylation is 1. The predicted molar refractivity (Wildman–Crippen MR) is 121 cm³/mol. The molecule has 2 aliphatic heterocycles. The Kier molecular flexibility index (Phi) is 6.31. The first-order valence-electron chi connectivity index (χ1n) is 10.3. The van der Waals surface area contributed by atoms with Crippen LogP contribution >= 0.6 is 0 Å². The van der Waals surface area contributed by atoms with Gasteiger partial charge in [0.2, 0.25) is 0 Å². The van der Waals surface area contributed by atoms with Crippen molar-refractivity contribution in [1.29, 1.82) is 0 Å². The van der Waals surface area contributed by atoms with Gasteiger partial charge in [0.15, 0.2) is 5.82 Å². The van der Waals surface area contributed by atoms with Crippen LogP contribution in [-0.4, -0.2) is 49.1 Å². The van der Waals surface area contributed by atoms with E-state index in [0.29, 0.717) is 0 Å². The summed E-state index contributed by atoms with van der Waals surface area (Å²) in [6.45, 7) is 6.42. The summed E-state index contributed by atoms with van der Waals surface area (Å²) < 4.78 is 29.6. The summed E-state index contributed by atoms with van der Waals surface area (Å²) in [5, 5.41) is 3.47. The normalized spacial score (nSPS) is 20.1. The molecule has 2 aliphatic rings. The van der Waals surface area contributed by atoms with Gasteiger partial charge in [-0.05, 0) is 30.9 Å². The Balaban J connectivity index is 0.000000180. The summed E-state index contributed by atoms with van der Waals surface area (Å²) in [7, 11) is -4.02. The van der Waals surface area contributed by atoms with Crippen molar-refractivity contribution in [3.63, 3.8) is 0 Å². The molecular weight excluding hydrogens is 412 g/mol. The summed E-state index contributed by atoms with van der Waals surface area (Å²) in [6.07, 6.45) is 3.92. The molecule has 1 aromatic heterocycles. The molecular formula is C23H26N4O3S. The van der Waals surface area contributed by atoms with Crippen molar-refractivity contribution in [2.24, 2.45) is 11.8 Å². The lowest BCUT2D eigenvalue weighted by Gasteiger charge is -2.18. The van der Waals surface area contributed by atoms with Gasteiger partial charge in [-0.15, -0.1) is 0 Å². The maximum Gasteiger partial charge on any atom is 0.294 e. The molecule has 3 heterocycles. The molecule has 2 aromatic carbocycles. The molecule has 0 amide bonds. The van der Waals surface area contributed by atoms with E-state index in [4.69, 9.17) is 4.55 Å². The van der Waals surface area contributed by atoms with Crippen LogP contribution in [-0.2, 0) is 10.1 Å². The number of anilines is 1. The Hall–Kier alpha value is -2.81. The molecule has 162 valence electrons. The van der Waals surface area contributed by atoms with E-state index in [1.807, 2.05) is 49.6 Å². The molecule has 2 saturated heterocycles. The highest BCUT2D eigenvalue weighted by Crippen LogP contribution is 2.30. The van der Waals surface area contributed by atoms with E-state index in [1.165, 1.54) is 12.1 Å². The smallest absolute Gasteiger partial charge is 0.294 e. The summed E-state index contributed by atoms with van der Waals surface area (Å²) in [5.74, 6) is 2.39. The molecule has 2 fully saturated rings. The molecule has 8 heteroatoms. The minimum absolute atomic E-state index is 0.0666. The third-order valence-electron chi connectivity index (χ3n) is 5.74. The second-order valence-corrected chi connectivity index (χ2v) is 9.42. The van der Waals surface area contributed by atoms with Crippen LogP contribution in [0.4, 0.5) is 5.69 Å². The van der Waals surface area contributed by atoms with Gasteiger partial charge in [-0.3, -0.25) is 4.55 Å². The fourth-order valence-corrected chi connectivity index (χ4v) is 4.48. The second-order valence-electron chi connectivity index (χ2n) is 8.00. The lowest BCUT2D eigenvalue weighted by atomic mass is 10.0. The average molecular weight is 439 g/mol. The molecule has 7 nitrogen and oxygen atoms in total. The number of benzene rings is 2. The van der Waals surface area contributed by atoms with Crippen LogP contribution in [0.15, 0.2) is 71.9 Å². The molecule has 2 atom stereocenters. The molecule has 0 saturated carbocycles. The highest BCUT2D eigenvalue weighted by atomic mass is 32.2. The van der Waals surface area contributed by atoms with E-state index >= 15 is 0 Å². The maximum atomic E-state index is 10.5. The van der Waals surface area contributed by atoms with Crippen molar-refractivity contribution in [2.75, 3.05) is 31.1 Å². The molecule has 2 N–H and O–H groups in total. The van der Waals surface area contributed by atoms with Crippen molar-refractivity contribution < 1.29 is 13.0 Å². The summed E-state index contributed by atoms with van der Waals surface area (Å²) in [4.78, 5) is 11.4. The van der Waals surface area contributed by atoms with Crippen LogP contribution in [0.25, 0.3) is 11.4 Å². The second kappa shape index (κ2) is 9.13. The number of hydrogen-bond acceptors (Lipinski definition) is 6. The summed E-state index contributed by atoms with van der Waals surface area (Å²) in [6, 6.07) is 16.1. The monoisotopic (exact) mass is 438 g/mol. The van der Waals surface area contributed by atoms with Crippen molar-refractivity contribution >= 4 is 15.8 Å². The van der Waals surface area contributed by atoms with Crippen LogP contribution in [0.5, 0.6) is 0 Å². The van der Waals surface area contributed by atoms with Crippen molar-refractivity contribution in [1.82, 2.24) is 15.3 Å². The molecule has 0 spiro atoms. The van der Waals surface area contributed by atoms with E-state index in [0.717, 1.165) is 60.7 Å². The van der Waals surface area contributed by atoms with Crippen LogP contribution in [0.1, 0.15) is 5.56 Å². The largest absolute Gasteiger partial charge is 0.368 e. The van der Waals surface area contributed by atoms with E-state index in [-0.39, 0.29) is 4.90 Å². The molecule has 3 aromatic rings. The first-order chi connectivity index (χ1) is 14.9. The standard InChI is InChI=1S/C16H18N4.C7H8O3S/c1-2-4-12(5-3-1)16-18-8-15(9-19-16)20-10-13-6-17-7-14(13)11-20;1-6-2-4-7(5-3-6)11(8,9)10/h1-5,8-9,13-14,17H,6-7,10-11H2;2-5H,1H3,(H,8,9,10). The van der Waals surface area contributed by atoms with Crippen LogP contribution in [0, 0.1) is 18.8 Å². The van der Waals surface area contributed by atoms with Gasteiger partial charge in [0, 0.05) is 31.7 Å². The third-order valence-corrected chi connectivity index (χ3v) is 6.61. The van der Waals surface area contributed by atoms with Crippen LogP contribution < -0.4 is 10.2 Å². The quantitative estimate of drug-likeness (QED) is 0.607. The Morgan fingerprint density at radius 2 is 1.52 bits per heavy atom. The van der Waals surface area contributed by atoms with Gasteiger partial charge in [-0.2, -0.15) is 8.42 Å². The average Bonchev–Trinajstić information content (AvgIpc) is 3.37. The van der Waals surface area contributed by atoms with Crippen molar-refractivity contribution in [2.45, 2.75) is 11.8 Å². The van der Waals surface area contributed by atoms with Gasteiger partial charge in [0.1, 0.15) is 0 Å². The highest BCUT2D eigenvalue weighted by Gasteiger charge is 2.36. The summed E-state index contributed by atoms with van der Waals surface area (Å²) in [5.41, 5.74) is 3.18. The number of nitrogens with zero attached hydrogens (tertiary/aromatic N) is 3. The minimum atomic E-state index is -4.02. The van der Waals surface area contributed by atoms with Gasteiger partial charge < -0.3 is 10.2 Å². The zero-order valence-corrected chi connectivity index (χ0v) is 18.2. The topological polar surface area (TPSA) is 95.4 Å². The Morgan fingerprint density at radius 3 is 2.06 bits per heavy atom. The fraction of sp³-hybridized carbons (Fsp3) is 0.304. The van der Waals surface area contributed by atoms with Gasteiger partial charge in [0.05, 0.1) is 23.0 Å². The molecule has 31 heavy (non-hydrogen) atoms. The van der Waals surface area contributed by atoms with E-state index in [9.17, 15) is 8.42 Å². The van der Waals surface area contributed by atoms with Crippen molar-refractivity contribution in [3.05, 3.63) is 72.6 Å². The van der Waals surface area contributed by atoms with E-state index < -0.39 is 10.1 Å². The first-order valence-corrected chi connectivity index (χ1v) is 11.7. The number of nitrogens with one attached hydrogen (secondary N) is 1. The molecule has 5 rings (SSSR count). The third kappa shape index (κ3) is 5.28. The highest BCUT2D eigenvalue weighted by molar-refractivity contribution is 7.85. The summed E-state index contributed by atoms with van der Waals surface area (Å²) >= 11 is 0. The lowest BCUT2D eigenvalue weighted by molar-refractivity contribution is 0.483. The zero-order chi connectivity index (χ0) is 21.8. The number of fused-ring (bicyclic) bond motifs is 1. The van der Waals surface area contributed by atoms with Gasteiger partial charge in [-0.25, -0.2) is 9.97 Å². The Morgan fingerprint density at radius 1 is 0.935 bits per heavy atom. The van der Waals surface area contributed by atoms with E-state index in [2.05, 4.69) is 20.2 Å².